The van der Waals surface area contributed by atoms with Crippen LogP contribution < -0.4 is 10.9 Å². The number of hydrogen-bond donors (Lipinski definition) is 2. The van der Waals surface area contributed by atoms with Crippen LogP contribution in [-0.2, 0) is 4.74 Å². The standard InChI is InChI=1S/C10H13N5O2/c1-17-10(16)15-14-9-3-2-7(13-9)8-6-11-4-5-12-8/h4-7H,2-3H2,1H3,(H,13,14)(H,15,16). The maximum atomic E-state index is 10.8. The number of rotatable bonds is 1. The summed E-state index contributed by atoms with van der Waals surface area (Å²) in [6.07, 6.45) is 6.03. The van der Waals surface area contributed by atoms with Gasteiger partial charge in [0.1, 0.15) is 5.84 Å². The fourth-order valence-corrected chi connectivity index (χ4v) is 1.56. The summed E-state index contributed by atoms with van der Waals surface area (Å²) in [5.41, 5.74) is 5.91. The zero-order valence-corrected chi connectivity index (χ0v) is 9.38. The van der Waals surface area contributed by atoms with Gasteiger partial charge in [-0.15, -0.1) is 0 Å². The second-order valence-corrected chi connectivity index (χ2v) is 3.50. The molecule has 1 unspecified atom stereocenters. The van der Waals surface area contributed by atoms with Gasteiger partial charge in [-0.05, 0) is 6.42 Å². The van der Waals surface area contributed by atoms with Crippen LogP contribution >= 0.6 is 0 Å². The Morgan fingerprint density at radius 1 is 1.53 bits per heavy atom. The van der Waals surface area contributed by atoms with Crippen LogP contribution in [0.3, 0.4) is 0 Å². The molecule has 0 aliphatic carbocycles. The van der Waals surface area contributed by atoms with Crippen molar-refractivity contribution in [2.24, 2.45) is 4.99 Å². The number of methoxy groups -OCH3 is 1. The molecule has 0 bridgehead atoms. The van der Waals surface area contributed by atoms with Crippen LogP contribution in [0.25, 0.3) is 0 Å². The van der Waals surface area contributed by atoms with E-state index in [1.165, 1.54) is 7.11 Å². The fraction of sp³-hybridized carbons (Fsp3) is 0.400. The molecule has 0 saturated heterocycles. The molecule has 0 spiro atoms. The highest BCUT2D eigenvalue weighted by Crippen LogP contribution is 2.25. The van der Waals surface area contributed by atoms with Crippen LogP contribution in [0.1, 0.15) is 24.6 Å². The third kappa shape index (κ3) is 2.90. The highest BCUT2D eigenvalue weighted by atomic mass is 16.5. The minimum atomic E-state index is -0.546. The number of carbonyl (C=O) groups excluding carboxylic acids is 1. The zero-order chi connectivity index (χ0) is 12.1. The van der Waals surface area contributed by atoms with E-state index in [0.29, 0.717) is 5.84 Å². The van der Waals surface area contributed by atoms with Gasteiger partial charge in [-0.25, -0.2) is 10.2 Å². The molecule has 1 atom stereocenters. The molecular formula is C10H13N5O2. The van der Waals surface area contributed by atoms with E-state index in [0.717, 1.165) is 18.5 Å². The van der Waals surface area contributed by atoms with Crippen molar-refractivity contribution in [1.82, 2.24) is 20.8 Å². The maximum absolute atomic E-state index is 10.8. The van der Waals surface area contributed by atoms with Gasteiger partial charge < -0.3 is 4.74 Å². The lowest BCUT2D eigenvalue weighted by atomic mass is 10.1. The van der Waals surface area contributed by atoms with Gasteiger partial charge in [0.05, 0.1) is 25.0 Å². The molecule has 7 nitrogen and oxygen atoms in total. The molecule has 1 aromatic rings. The molecule has 2 N–H and O–H groups in total. The normalized spacial score (nSPS) is 18.4. The van der Waals surface area contributed by atoms with E-state index in [-0.39, 0.29) is 6.04 Å². The summed E-state index contributed by atoms with van der Waals surface area (Å²) in [4.78, 5) is 23.4. The van der Waals surface area contributed by atoms with E-state index in [1.54, 1.807) is 18.6 Å². The molecule has 90 valence electrons. The summed E-state index contributed by atoms with van der Waals surface area (Å²) in [5.74, 6) is 0.714. The molecule has 2 rings (SSSR count). The molecule has 0 saturated carbocycles. The molecule has 1 aliphatic heterocycles. The number of amides is 1. The largest absolute Gasteiger partial charge is 0.452 e. The quantitative estimate of drug-likeness (QED) is 0.695. The van der Waals surface area contributed by atoms with Gasteiger partial charge in [0, 0.05) is 18.8 Å². The lowest BCUT2D eigenvalue weighted by Crippen LogP contribution is -2.40. The molecule has 0 fully saturated rings. The van der Waals surface area contributed by atoms with Crippen molar-refractivity contribution >= 4 is 11.9 Å². The Morgan fingerprint density at radius 2 is 2.41 bits per heavy atom. The van der Waals surface area contributed by atoms with Crippen LogP contribution in [-0.4, -0.2) is 29.0 Å². The third-order valence-electron chi connectivity index (χ3n) is 2.39. The van der Waals surface area contributed by atoms with Crippen molar-refractivity contribution in [1.29, 1.82) is 0 Å². The monoisotopic (exact) mass is 235 g/mol. The number of nitrogens with zero attached hydrogens (tertiary/aromatic N) is 3. The average molecular weight is 235 g/mol. The van der Waals surface area contributed by atoms with E-state index >= 15 is 0 Å². The Morgan fingerprint density at radius 3 is 3.12 bits per heavy atom. The summed E-state index contributed by atoms with van der Waals surface area (Å²) in [5, 5.41) is 0. The first-order valence-electron chi connectivity index (χ1n) is 5.22. The molecule has 1 aliphatic rings. The lowest BCUT2D eigenvalue weighted by Gasteiger charge is -2.05. The fourth-order valence-electron chi connectivity index (χ4n) is 1.56. The molecular weight excluding hydrogens is 222 g/mol. The first-order valence-corrected chi connectivity index (χ1v) is 5.22. The Labute approximate surface area is 98.3 Å². The number of hydrogen-bond acceptors (Lipinski definition) is 6. The SMILES string of the molecule is COC(=O)NNC1=NC(c2cnccn2)CC1. The van der Waals surface area contributed by atoms with Crippen LogP contribution in [0.4, 0.5) is 4.79 Å². The van der Waals surface area contributed by atoms with Crippen molar-refractivity contribution < 1.29 is 9.53 Å². The van der Waals surface area contributed by atoms with Gasteiger partial charge in [-0.3, -0.25) is 20.4 Å². The number of ether oxygens (including phenoxy) is 1. The predicted molar refractivity (Wildman–Crippen MR) is 60.1 cm³/mol. The van der Waals surface area contributed by atoms with Gasteiger partial charge in [-0.2, -0.15) is 0 Å². The zero-order valence-electron chi connectivity index (χ0n) is 9.38. The second-order valence-electron chi connectivity index (χ2n) is 3.50. The topological polar surface area (TPSA) is 88.5 Å². The molecule has 1 aromatic heterocycles. The van der Waals surface area contributed by atoms with E-state index in [2.05, 4.69) is 30.5 Å². The average Bonchev–Trinajstić information content (AvgIpc) is 2.86. The maximum Gasteiger partial charge on any atom is 0.425 e. The second kappa shape index (κ2) is 5.24. The highest BCUT2D eigenvalue weighted by molar-refractivity contribution is 5.85. The van der Waals surface area contributed by atoms with Gasteiger partial charge in [0.25, 0.3) is 0 Å². The number of aliphatic imine (C=N–C) groups is 1. The predicted octanol–water partition coefficient (Wildman–Crippen LogP) is 0.571. The van der Waals surface area contributed by atoms with Crippen LogP contribution in [0.5, 0.6) is 0 Å². The highest BCUT2D eigenvalue weighted by Gasteiger charge is 2.20. The van der Waals surface area contributed by atoms with Crippen molar-refractivity contribution in [3.63, 3.8) is 0 Å². The first kappa shape index (κ1) is 11.3. The molecule has 1 amide bonds. The van der Waals surface area contributed by atoms with Crippen molar-refractivity contribution in [2.75, 3.05) is 7.11 Å². The third-order valence-corrected chi connectivity index (χ3v) is 2.39. The lowest BCUT2D eigenvalue weighted by molar-refractivity contribution is 0.168. The van der Waals surface area contributed by atoms with E-state index in [4.69, 9.17) is 0 Å². The first-order chi connectivity index (χ1) is 8.29. The minimum absolute atomic E-state index is 0.00523. The Bertz CT molecular complexity index is 420. The number of amidine groups is 1. The van der Waals surface area contributed by atoms with E-state index in [1.807, 2.05) is 0 Å². The minimum Gasteiger partial charge on any atom is -0.452 e. The summed E-state index contributed by atoms with van der Waals surface area (Å²) >= 11 is 0. The van der Waals surface area contributed by atoms with E-state index < -0.39 is 6.09 Å². The number of carbonyl (C=O) groups is 1. The number of nitrogens with one attached hydrogen (secondary N) is 2. The van der Waals surface area contributed by atoms with Crippen molar-refractivity contribution in [3.05, 3.63) is 24.3 Å². The Balaban J connectivity index is 1.93. The van der Waals surface area contributed by atoms with Gasteiger partial charge in [-0.1, -0.05) is 0 Å². The smallest absolute Gasteiger partial charge is 0.425 e. The van der Waals surface area contributed by atoms with Crippen LogP contribution in [0.2, 0.25) is 0 Å². The van der Waals surface area contributed by atoms with Gasteiger partial charge in [0.2, 0.25) is 0 Å². The molecule has 0 radical (unpaired) electrons. The molecule has 0 aromatic carbocycles. The van der Waals surface area contributed by atoms with Gasteiger partial charge in [0.15, 0.2) is 0 Å². The van der Waals surface area contributed by atoms with Crippen LogP contribution in [0, 0.1) is 0 Å². The number of hydrazine groups is 1. The Hall–Kier alpha value is -2.18. The van der Waals surface area contributed by atoms with Gasteiger partial charge >= 0.3 is 6.09 Å². The Kier molecular flexibility index (Phi) is 3.49. The molecule has 17 heavy (non-hydrogen) atoms. The molecule has 2 heterocycles. The summed E-state index contributed by atoms with van der Waals surface area (Å²) < 4.78 is 4.43. The van der Waals surface area contributed by atoms with E-state index in [9.17, 15) is 4.79 Å². The summed E-state index contributed by atoms with van der Waals surface area (Å²) in [6, 6.07) is 0.00523. The van der Waals surface area contributed by atoms with Crippen molar-refractivity contribution in [2.45, 2.75) is 18.9 Å². The summed E-state index contributed by atoms with van der Waals surface area (Å²) in [7, 11) is 1.30. The number of aromatic nitrogens is 2. The summed E-state index contributed by atoms with van der Waals surface area (Å²) in [6.45, 7) is 0. The van der Waals surface area contributed by atoms with Crippen LogP contribution in [0.15, 0.2) is 23.6 Å². The van der Waals surface area contributed by atoms with Crippen molar-refractivity contribution in [3.8, 4) is 0 Å². The molecule has 7 heteroatoms.